The van der Waals surface area contributed by atoms with Crippen LogP contribution in [0.2, 0.25) is 5.02 Å². The van der Waals surface area contributed by atoms with Crippen LogP contribution in [0.25, 0.3) is 0 Å². The van der Waals surface area contributed by atoms with Gasteiger partial charge in [0, 0.05) is 23.7 Å². The van der Waals surface area contributed by atoms with Crippen LogP contribution >= 0.6 is 11.6 Å². The first-order chi connectivity index (χ1) is 11.6. The summed E-state index contributed by atoms with van der Waals surface area (Å²) in [6, 6.07) is 17.6. The molecule has 0 aliphatic rings. The molecular weight excluding hydrogens is 325 g/mol. The normalized spacial score (nSPS) is 10.5. The van der Waals surface area contributed by atoms with Crippen LogP contribution in [-0.2, 0) is 13.0 Å². The molecule has 0 amide bonds. The molecule has 0 spiro atoms. The lowest BCUT2D eigenvalue weighted by atomic mass is 10.1. The molecule has 3 aromatic rings. The number of rotatable bonds is 4. The van der Waals surface area contributed by atoms with Crippen molar-refractivity contribution in [2.24, 2.45) is 0 Å². The molecule has 0 bridgehead atoms. The van der Waals surface area contributed by atoms with E-state index in [9.17, 15) is 9.65 Å². The van der Waals surface area contributed by atoms with Gasteiger partial charge in [0.15, 0.2) is 0 Å². The maximum Gasteiger partial charge on any atom is 0.123 e. The summed E-state index contributed by atoms with van der Waals surface area (Å²) >= 11 is 6.04. The number of halogens is 2. The van der Waals surface area contributed by atoms with Crippen molar-refractivity contribution in [3.05, 3.63) is 88.0 Å². The van der Waals surface area contributed by atoms with Gasteiger partial charge >= 0.3 is 0 Å². The molecule has 1 aromatic heterocycles. The smallest absolute Gasteiger partial charge is 0.123 e. The predicted molar refractivity (Wildman–Crippen MR) is 93.3 cm³/mol. The fourth-order valence-electron chi connectivity index (χ4n) is 2.74. The molecule has 2 aromatic carbocycles. The van der Waals surface area contributed by atoms with E-state index in [0.29, 0.717) is 29.4 Å². The molecule has 3 nitrogen and oxygen atoms in total. The maximum absolute atomic E-state index is 13.4. The summed E-state index contributed by atoms with van der Waals surface area (Å²) in [6.45, 7) is 0.383. The van der Waals surface area contributed by atoms with Crippen molar-refractivity contribution in [3.63, 3.8) is 0 Å². The van der Waals surface area contributed by atoms with Gasteiger partial charge in [-0.05, 0) is 41.5 Å². The highest BCUT2D eigenvalue weighted by Gasteiger charge is 2.14. The van der Waals surface area contributed by atoms with Crippen molar-refractivity contribution < 1.29 is 4.39 Å². The highest BCUT2D eigenvalue weighted by molar-refractivity contribution is 6.30. The summed E-state index contributed by atoms with van der Waals surface area (Å²) < 4.78 is 15.3. The predicted octanol–water partition coefficient (Wildman–Crippen LogP) is 4.37. The second-order valence-electron chi connectivity index (χ2n) is 5.57. The molecule has 0 unspecified atom stereocenters. The number of nitrogen functional groups attached to an aromatic ring is 1. The number of anilines is 1. The third-order valence-electron chi connectivity index (χ3n) is 3.85. The van der Waals surface area contributed by atoms with Gasteiger partial charge in [-0.2, -0.15) is 5.26 Å². The Morgan fingerprint density at radius 2 is 1.83 bits per heavy atom. The average molecular weight is 340 g/mol. The first-order valence-electron chi connectivity index (χ1n) is 7.43. The molecule has 0 atom stereocenters. The Balaban J connectivity index is 2.00. The summed E-state index contributed by atoms with van der Waals surface area (Å²) in [5, 5.41) is 10.0. The van der Waals surface area contributed by atoms with Gasteiger partial charge < -0.3 is 10.3 Å². The van der Waals surface area contributed by atoms with Gasteiger partial charge in [-0.15, -0.1) is 0 Å². The van der Waals surface area contributed by atoms with Crippen LogP contribution in [0.5, 0.6) is 0 Å². The van der Waals surface area contributed by atoms with Crippen LogP contribution in [0.4, 0.5) is 10.1 Å². The lowest BCUT2D eigenvalue weighted by Crippen LogP contribution is -2.08. The molecule has 1 heterocycles. The summed E-state index contributed by atoms with van der Waals surface area (Å²) in [6.07, 6.45) is 0.545. The second-order valence-corrected chi connectivity index (χ2v) is 6.00. The van der Waals surface area contributed by atoms with Gasteiger partial charge in [-0.25, -0.2) is 4.39 Å². The summed E-state index contributed by atoms with van der Waals surface area (Å²) in [5.41, 5.74) is 9.69. The fourth-order valence-corrected chi connectivity index (χ4v) is 2.95. The Kier molecular flexibility index (Phi) is 4.54. The molecule has 120 valence electrons. The first kappa shape index (κ1) is 16.1. The van der Waals surface area contributed by atoms with E-state index in [-0.39, 0.29) is 5.82 Å². The van der Waals surface area contributed by atoms with E-state index < -0.39 is 0 Å². The molecule has 5 heteroatoms. The van der Waals surface area contributed by atoms with Crippen molar-refractivity contribution in [1.82, 2.24) is 4.57 Å². The van der Waals surface area contributed by atoms with E-state index in [1.807, 2.05) is 28.8 Å². The van der Waals surface area contributed by atoms with Gasteiger partial charge in [0.25, 0.3) is 0 Å². The van der Waals surface area contributed by atoms with Gasteiger partial charge in [-0.3, -0.25) is 0 Å². The zero-order chi connectivity index (χ0) is 17.1. The average Bonchev–Trinajstić information content (AvgIpc) is 2.83. The largest absolute Gasteiger partial charge is 0.397 e. The van der Waals surface area contributed by atoms with E-state index in [2.05, 4.69) is 6.07 Å². The topological polar surface area (TPSA) is 54.7 Å². The minimum Gasteiger partial charge on any atom is -0.397 e. The number of hydrogen-bond donors (Lipinski definition) is 1. The van der Waals surface area contributed by atoms with E-state index in [4.69, 9.17) is 17.3 Å². The lowest BCUT2D eigenvalue weighted by Gasteiger charge is -2.12. The zero-order valence-corrected chi connectivity index (χ0v) is 13.6. The Morgan fingerprint density at radius 1 is 1.08 bits per heavy atom. The van der Waals surface area contributed by atoms with Crippen molar-refractivity contribution in [2.45, 2.75) is 13.0 Å². The number of nitrogens with zero attached hydrogens (tertiary/aromatic N) is 2. The first-order valence-corrected chi connectivity index (χ1v) is 7.81. The number of nitrogens with two attached hydrogens (primary N) is 1. The molecule has 0 aliphatic heterocycles. The lowest BCUT2D eigenvalue weighted by molar-refractivity contribution is 0.622. The second kappa shape index (κ2) is 6.77. The van der Waals surface area contributed by atoms with Gasteiger partial charge in [0.1, 0.15) is 17.6 Å². The van der Waals surface area contributed by atoms with E-state index in [1.165, 1.54) is 12.1 Å². The standard InChI is InChI=1S/C19H15ClFN3/c20-15-5-1-3-13(7-15)9-19-18(23)10-17(11-22)24(19)12-14-4-2-6-16(21)8-14/h1-8,10H,9,12,23H2. The van der Waals surface area contributed by atoms with E-state index in [1.54, 1.807) is 18.2 Å². The van der Waals surface area contributed by atoms with Gasteiger partial charge in [0.05, 0.1) is 5.69 Å². The molecule has 24 heavy (non-hydrogen) atoms. The number of hydrogen-bond acceptors (Lipinski definition) is 2. The zero-order valence-electron chi connectivity index (χ0n) is 12.8. The highest BCUT2D eigenvalue weighted by atomic mass is 35.5. The Labute approximate surface area is 144 Å². The van der Waals surface area contributed by atoms with Crippen LogP contribution in [0, 0.1) is 17.1 Å². The monoisotopic (exact) mass is 339 g/mol. The quantitative estimate of drug-likeness (QED) is 0.767. The summed E-state index contributed by atoms with van der Waals surface area (Å²) in [7, 11) is 0. The van der Waals surface area contributed by atoms with Gasteiger partial charge in [0.2, 0.25) is 0 Å². The van der Waals surface area contributed by atoms with Crippen LogP contribution in [0.15, 0.2) is 54.6 Å². The third-order valence-corrected chi connectivity index (χ3v) is 4.08. The number of aromatic nitrogens is 1. The molecular formula is C19H15ClFN3. The number of benzene rings is 2. The minimum atomic E-state index is -0.303. The fraction of sp³-hybridized carbons (Fsp3) is 0.105. The van der Waals surface area contributed by atoms with Crippen molar-refractivity contribution in [3.8, 4) is 6.07 Å². The van der Waals surface area contributed by atoms with E-state index in [0.717, 1.165) is 16.8 Å². The van der Waals surface area contributed by atoms with Crippen LogP contribution in [0.3, 0.4) is 0 Å². The third kappa shape index (κ3) is 3.42. The molecule has 0 saturated carbocycles. The molecule has 3 rings (SSSR count). The van der Waals surface area contributed by atoms with Crippen LogP contribution < -0.4 is 5.73 Å². The Bertz CT molecular complexity index is 925. The SMILES string of the molecule is N#Cc1cc(N)c(Cc2cccc(Cl)c2)n1Cc1cccc(F)c1. The Morgan fingerprint density at radius 3 is 2.54 bits per heavy atom. The molecule has 0 fully saturated rings. The van der Waals surface area contributed by atoms with Gasteiger partial charge in [-0.1, -0.05) is 35.9 Å². The van der Waals surface area contributed by atoms with E-state index >= 15 is 0 Å². The summed E-state index contributed by atoms with van der Waals surface area (Å²) in [4.78, 5) is 0. The minimum absolute atomic E-state index is 0.303. The molecule has 2 N–H and O–H groups in total. The summed E-state index contributed by atoms with van der Waals surface area (Å²) in [5.74, 6) is -0.303. The molecule has 0 radical (unpaired) electrons. The molecule has 0 saturated heterocycles. The van der Waals surface area contributed by atoms with Crippen LogP contribution in [0.1, 0.15) is 22.5 Å². The van der Waals surface area contributed by atoms with Crippen LogP contribution in [-0.4, -0.2) is 4.57 Å². The highest BCUT2D eigenvalue weighted by Crippen LogP contribution is 2.24. The van der Waals surface area contributed by atoms with Crippen molar-refractivity contribution in [2.75, 3.05) is 5.73 Å². The maximum atomic E-state index is 13.4. The van der Waals surface area contributed by atoms with Crippen molar-refractivity contribution >= 4 is 17.3 Å². The van der Waals surface area contributed by atoms with Crippen molar-refractivity contribution in [1.29, 1.82) is 5.26 Å². The Hall–Kier alpha value is -2.77. The molecule has 0 aliphatic carbocycles. The number of nitriles is 1.